The highest BCUT2D eigenvalue weighted by Crippen LogP contribution is 2.29. The molecule has 1 fully saturated rings. The molecule has 96 valence electrons. The predicted octanol–water partition coefficient (Wildman–Crippen LogP) is 2.61. The van der Waals surface area contributed by atoms with Gasteiger partial charge in [0.1, 0.15) is 5.01 Å². The number of nitrogens with zero attached hydrogens (tertiary/aromatic N) is 2. The summed E-state index contributed by atoms with van der Waals surface area (Å²) in [6.07, 6.45) is 6.47. The monoisotopic (exact) mass is 255 g/mol. The summed E-state index contributed by atoms with van der Waals surface area (Å²) >= 11 is 1.55. The van der Waals surface area contributed by atoms with Crippen LogP contribution in [0.15, 0.2) is 0 Å². The molecule has 1 aliphatic carbocycles. The third-order valence-corrected chi connectivity index (χ3v) is 3.96. The topological polar surface area (TPSA) is 47.0 Å². The van der Waals surface area contributed by atoms with Crippen LogP contribution in [0.5, 0.6) is 5.19 Å². The van der Waals surface area contributed by atoms with E-state index in [-0.39, 0.29) is 0 Å². The zero-order valence-corrected chi connectivity index (χ0v) is 11.3. The van der Waals surface area contributed by atoms with Gasteiger partial charge >= 0.3 is 0 Å². The lowest BCUT2D eigenvalue weighted by atomic mass is 9.83. The first kappa shape index (κ1) is 12.8. The second-order valence-corrected chi connectivity index (χ2v) is 5.60. The SMILES string of the molecule is CCCNCc1nnc(OCCC2CCC2)s1. The van der Waals surface area contributed by atoms with Crippen LogP contribution in [0, 0.1) is 5.92 Å². The molecule has 17 heavy (non-hydrogen) atoms. The predicted molar refractivity (Wildman–Crippen MR) is 69.4 cm³/mol. The first-order valence-electron chi connectivity index (χ1n) is 6.54. The van der Waals surface area contributed by atoms with Crippen molar-refractivity contribution in [2.75, 3.05) is 13.2 Å². The lowest BCUT2D eigenvalue weighted by molar-refractivity contribution is 0.220. The summed E-state index contributed by atoms with van der Waals surface area (Å²) in [5, 5.41) is 13.2. The maximum absolute atomic E-state index is 5.62. The van der Waals surface area contributed by atoms with E-state index < -0.39 is 0 Å². The Morgan fingerprint density at radius 2 is 2.29 bits per heavy atom. The molecule has 1 saturated carbocycles. The molecule has 0 atom stereocenters. The normalized spacial score (nSPS) is 15.8. The van der Waals surface area contributed by atoms with Crippen molar-refractivity contribution in [3.05, 3.63) is 5.01 Å². The highest BCUT2D eigenvalue weighted by molar-refractivity contribution is 7.13. The first-order valence-corrected chi connectivity index (χ1v) is 7.36. The Hall–Kier alpha value is -0.680. The highest BCUT2D eigenvalue weighted by atomic mass is 32.1. The van der Waals surface area contributed by atoms with Crippen LogP contribution in [-0.4, -0.2) is 23.3 Å². The minimum Gasteiger partial charge on any atom is -0.469 e. The van der Waals surface area contributed by atoms with Crippen molar-refractivity contribution >= 4 is 11.3 Å². The molecule has 1 N–H and O–H groups in total. The second kappa shape index (κ2) is 6.91. The number of nitrogens with one attached hydrogen (secondary N) is 1. The molecule has 0 saturated heterocycles. The molecule has 1 aromatic heterocycles. The van der Waals surface area contributed by atoms with Gasteiger partial charge in [-0.3, -0.25) is 0 Å². The summed E-state index contributed by atoms with van der Waals surface area (Å²) in [5.74, 6) is 0.897. The van der Waals surface area contributed by atoms with Gasteiger partial charge in [0.2, 0.25) is 0 Å². The summed E-state index contributed by atoms with van der Waals surface area (Å²) < 4.78 is 5.62. The fraction of sp³-hybridized carbons (Fsp3) is 0.833. The standard InChI is InChI=1S/C12H21N3OS/c1-2-7-13-9-11-14-15-12(17-11)16-8-6-10-4-3-5-10/h10,13H,2-9H2,1H3. The van der Waals surface area contributed by atoms with Crippen LogP contribution in [0.1, 0.15) is 44.0 Å². The highest BCUT2D eigenvalue weighted by Gasteiger charge is 2.17. The maximum atomic E-state index is 5.62. The quantitative estimate of drug-likeness (QED) is 0.725. The van der Waals surface area contributed by atoms with Gasteiger partial charge in [-0.1, -0.05) is 37.5 Å². The molecule has 1 heterocycles. The number of hydrogen-bond acceptors (Lipinski definition) is 5. The van der Waals surface area contributed by atoms with E-state index in [2.05, 4.69) is 22.4 Å². The van der Waals surface area contributed by atoms with E-state index >= 15 is 0 Å². The molecule has 0 bridgehead atoms. The molecule has 4 nitrogen and oxygen atoms in total. The van der Waals surface area contributed by atoms with Crippen LogP contribution in [0.25, 0.3) is 0 Å². The smallest absolute Gasteiger partial charge is 0.294 e. The summed E-state index contributed by atoms with van der Waals surface area (Å²) in [4.78, 5) is 0. The van der Waals surface area contributed by atoms with Crippen molar-refractivity contribution in [2.24, 2.45) is 5.92 Å². The Morgan fingerprint density at radius 3 is 3.00 bits per heavy atom. The van der Waals surface area contributed by atoms with Crippen molar-refractivity contribution in [3.63, 3.8) is 0 Å². The summed E-state index contributed by atoms with van der Waals surface area (Å²) in [6, 6.07) is 0. The Balaban J connectivity index is 1.62. The van der Waals surface area contributed by atoms with E-state index in [9.17, 15) is 0 Å². The molecular weight excluding hydrogens is 234 g/mol. The Labute approximate surface area is 107 Å². The molecule has 0 radical (unpaired) electrons. The van der Waals surface area contributed by atoms with E-state index in [0.29, 0.717) is 0 Å². The molecule has 5 heteroatoms. The van der Waals surface area contributed by atoms with Crippen LogP contribution in [0.3, 0.4) is 0 Å². The summed E-state index contributed by atoms with van der Waals surface area (Å²) in [6.45, 7) is 4.78. The molecule has 2 rings (SSSR count). The van der Waals surface area contributed by atoms with Gasteiger partial charge in [0.15, 0.2) is 0 Å². The van der Waals surface area contributed by atoms with Crippen molar-refractivity contribution in [1.29, 1.82) is 0 Å². The van der Waals surface area contributed by atoms with Crippen LogP contribution < -0.4 is 10.1 Å². The zero-order valence-electron chi connectivity index (χ0n) is 10.4. The average Bonchev–Trinajstić information content (AvgIpc) is 2.70. The molecule has 0 amide bonds. The lowest BCUT2D eigenvalue weighted by Gasteiger charge is -2.24. The molecule has 0 spiro atoms. The van der Waals surface area contributed by atoms with Crippen LogP contribution in [0.2, 0.25) is 0 Å². The van der Waals surface area contributed by atoms with Crippen LogP contribution in [0.4, 0.5) is 0 Å². The third-order valence-electron chi connectivity index (χ3n) is 3.13. The van der Waals surface area contributed by atoms with Crippen LogP contribution >= 0.6 is 11.3 Å². The van der Waals surface area contributed by atoms with E-state index in [0.717, 1.165) is 42.2 Å². The van der Waals surface area contributed by atoms with Gasteiger partial charge in [0.25, 0.3) is 5.19 Å². The van der Waals surface area contributed by atoms with Gasteiger partial charge in [-0.2, -0.15) is 0 Å². The number of aromatic nitrogens is 2. The first-order chi connectivity index (χ1) is 8.38. The average molecular weight is 255 g/mol. The summed E-state index contributed by atoms with van der Waals surface area (Å²) in [7, 11) is 0. The molecule has 0 aromatic carbocycles. The van der Waals surface area contributed by atoms with Crippen molar-refractivity contribution in [3.8, 4) is 5.19 Å². The van der Waals surface area contributed by atoms with Gasteiger partial charge in [-0.15, -0.1) is 10.2 Å². The van der Waals surface area contributed by atoms with Gasteiger partial charge in [-0.25, -0.2) is 0 Å². The largest absolute Gasteiger partial charge is 0.469 e. The number of rotatable bonds is 8. The minimum atomic E-state index is 0.720. The molecule has 0 aliphatic heterocycles. The van der Waals surface area contributed by atoms with Gasteiger partial charge in [0.05, 0.1) is 6.61 Å². The van der Waals surface area contributed by atoms with Crippen molar-refractivity contribution in [2.45, 2.75) is 45.6 Å². The third kappa shape index (κ3) is 4.24. The Bertz CT molecular complexity index is 325. The zero-order chi connectivity index (χ0) is 11.9. The molecule has 1 aliphatic rings. The van der Waals surface area contributed by atoms with E-state index in [1.807, 2.05) is 0 Å². The van der Waals surface area contributed by atoms with Crippen molar-refractivity contribution in [1.82, 2.24) is 15.5 Å². The van der Waals surface area contributed by atoms with Crippen molar-refractivity contribution < 1.29 is 4.74 Å². The summed E-state index contributed by atoms with van der Waals surface area (Å²) in [5.41, 5.74) is 0. The van der Waals surface area contributed by atoms with E-state index in [1.165, 1.54) is 25.7 Å². The lowest BCUT2D eigenvalue weighted by Crippen LogP contribution is -2.14. The van der Waals surface area contributed by atoms with Gasteiger partial charge < -0.3 is 10.1 Å². The number of ether oxygens (including phenoxy) is 1. The Morgan fingerprint density at radius 1 is 1.41 bits per heavy atom. The van der Waals surface area contributed by atoms with Gasteiger partial charge in [0, 0.05) is 6.54 Å². The number of hydrogen-bond donors (Lipinski definition) is 1. The van der Waals surface area contributed by atoms with Gasteiger partial charge in [-0.05, 0) is 25.3 Å². The molecule has 1 aromatic rings. The minimum absolute atomic E-state index is 0.720. The van der Waals surface area contributed by atoms with Crippen LogP contribution in [-0.2, 0) is 6.54 Å². The molecule has 0 unspecified atom stereocenters. The van der Waals surface area contributed by atoms with E-state index in [4.69, 9.17) is 4.74 Å². The fourth-order valence-corrected chi connectivity index (χ4v) is 2.52. The maximum Gasteiger partial charge on any atom is 0.294 e. The second-order valence-electron chi connectivity index (χ2n) is 4.57. The Kier molecular flexibility index (Phi) is 5.19. The van der Waals surface area contributed by atoms with E-state index in [1.54, 1.807) is 11.3 Å². The fourth-order valence-electron chi connectivity index (χ4n) is 1.83. The molecular formula is C12H21N3OS.